The largest absolute Gasteiger partial charge is 0.481 e. The lowest BCUT2D eigenvalue weighted by Gasteiger charge is -2.12. The van der Waals surface area contributed by atoms with Gasteiger partial charge in [0.1, 0.15) is 6.10 Å². The van der Waals surface area contributed by atoms with E-state index in [1.54, 1.807) is 0 Å². The highest BCUT2D eigenvalue weighted by molar-refractivity contribution is 5.69. The molecule has 5 N–H and O–H groups in total. The first-order valence-electron chi connectivity index (χ1n) is 17.6. The standard InChI is InChI=1S/C18H36O2.C14H28O2.C3H8O3/c1-3-5-7-9-10-12-14-16-17(18(19)20)15-13-11-8-6-4-2;1-2-3-4-5-6-7-8-9-10-11-12-13-14(15)16;4-1-3(6)2-5/h17H,3-16H2,1-2H3,(H,19,20);2-13H2,1H3,(H,15,16);3-6H,1-2H2. The number of aliphatic hydroxyl groups is 3. The van der Waals surface area contributed by atoms with Gasteiger partial charge in [0.05, 0.1) is 19.1 Å². The van der Waals surface area contributed by atoms with Gasteiger partial charge in [0, 0.05) is 6.42 Å². The molecule has 0 aliphatic rings. The summed E-state index contributed by atoms with van der Waals surface area (Å²) in [6.45, 7) is 5.96. The van der Waals surface area contributed by atoms with E-state index in [9.17, 15) is 14.7 Å². The van der Waals surface area contributed by atoms with Gasteiger partial charge < -0.3 is 25.5 Å². The van der Waals surface area contributed by atoms with E-state index in [2.05, 4.69) is 20.8 Å². The van der Waals surface area contributed by atoms with Crippen molar-refractivity contribution in [2.45, 2.75) is 194 Å². The molecule has 0 rings (SSSR count). The quantitative estimate of drug-likeness (QED) is 0.0537. The molecule has 0 saturated carbocycles. The Morgan fingerprint density at radius 1 is 0.476 bits per heavy atom. The van der Waals surface area contributed by atoms with Crippen molar-refractivity contribution in [3.05, 3.63) is 0 Å². The molecular formula is C35H72O7. The molecule has 0 aromatic carbocycles. The van der Waals surface area contributed by atoms with Crippen LogP contribution >= 0.6 is 0 Å². The molecule has 1 unspecified atom stereocenters. The normalized spacial score (nSPS) is 11.4. The first-order chi connectivity index (χ1) is 20.3. The van der Waals surface area contributed by atoms with Crippen LogP contribution in [0.15, 0.2) is 0 Å². The summed E-state index contributed by atoms with van der Waals surface area (Å²) in [6, 6.07) is 0. The lowest BCUT2D eigenvalue weighted by atomic mass is 9.94. The highest BCUT2D eigenvalue weighted by Crippen LogP contribution is 2.19. The van der Waals surface area contributed by atoms with Crippen molar-refractivity contribution < 1.29 is 35.1 Å². The number of carbonyl (C=O) groups is 2. The van der Waals surface area contributed by atoms with Gasteiger partial charge >= 0.3 is 11.9 Å². The van der Waals surface area contributed by atoms with Gasteiger partial charge in [0.25, 0.3) is 0 Å². The van der Waals surface area contributed by atoms with E-state index in [4.69, 9.17) is 20.4 Å². The van der Waals surface area contributed by atoms with Crippen LogP contribution in [0.2, 0.25) is 0 Å². The van der Waals surface area contributed by atoms with E-state index in [1.165, 1.54) is 122 Å². The fraction of sp³-hybridized carbons (Fsp3) is 0.943. The van der Waals surface area contributed by atoms with Crippen molar-refractivity contribution in [3.63, 3.8) is 0 Å². The van der Waals surface area contributed by atoms with Gasteiger partial charge in [-0.25, -0.2) is 0 Å². The van der Waals surface area contributed by atoms with E-state index < -0.39 is 18.0 Å². The van der Waals surface area contributed by atoms with Crippen LogP contribution in [0, 0.1) is 5.92 Å². The molecule has 0 heterocycles. The third-order valence-electron chi connectivity index (χ3n) is 7.58. The van der Waals surface area contributed by atoms with Crippen molar-refractivity contribution in [2.24, 2.45) is 5.92 Å². The van der Waals surface area contributed by atoms with Crippen molar-refractivity contribution >= 4 is 11.9 Å². The Bertz CT molecular complexity index is 523. The smallest absolute Gasteiger partial charge is 0.306 e. The zero-order chi connectivity index (χ0) is 32.1. The van der Waals surface area contributed by atoms with E-state index in [0.29, 0.717) is 6.42 Å². The molecule has 0 spiro atoms. The van der Waals surface area contributed by atoms with Crippen molar-refractivity contribution in [1.29, 1.82) is 0 Å². The van der Waals surface area contributed by atoms with E-state index >= 15 is 0 Å². The molecule has 0 fully saturated rings. The predicted molar refractivity (Wildman–Crippen MR) is 176 cm³/mol. The van der Waals surface area contributed by atoms with Gasteiger partial charge in [-0.2, -0.15) is 0 Å². The summed E-state index contributed by atoms with van der Waals surface area (Å²) in [5.41, 5.74) is 0. The van der Waals surface area contributed by atoms with Crippen LogP contribution in [-0.2, 0) is 9.59 Å². The van der Waals surface area contributed by atoms with E-state index in [1.807, 2.05) is 0 Å². The lowest BCUT2D eigenvalue weighted by molar-refractivity contribution is -0.142. The number of hydrogen-bond donors (Lipinski definition) is 5. The number of carboxylic acid groups (broad SMARTS) is 2. The molecule has 0 aliphatic heterocycles. The summed E-state index contributed by atoms with van der Waals surface area (Å²) in [4.78, 5) is 21.5. The minimum Gasteiger partial charge on any atom is -0.481 e. The van der Waals surface area contributed by atoms with Crippen molar-refractivity contribution in [1.82, 2.24) is 0 Å². The van der Waals surface area contributed by atoms with Crippen LogP contribution in [0.3, 0.4) is 0 Å². The van der Waals surface area contributed by atoms with Crippen LogP contribution in [0.5, 0.6) is 0 Å². The molecule has 7 heteroatoms. The van der Waals surface area contributed by atoms with Gasteiger partial charge in [0.15, 0.2) is 0 Å². The van der Waals surface area contributed by atoms with Gasteiger partial charge in [-0.15, -0.1) is 0 Å². The van der Waals surface area contributed by atoms with Gasteiger partial charge in [-0.1, -0.05) is 162 Å². The summed E-state index contributed by atoms with van der Waals surface area (Å²) < 4.78 is 0. The zero-order valence-electron chi connectivity index (χ0n) is 28.0. The second kappa shape index (κ2) is 39.8. The summed E-state index contributed by atoms with van der Waals surface area (Å²) in [5, 5.41) is 41.7. The number of unbranched alkanes of at least 4 members (excludes halogenated alkanes) is 20. The Morgan fingerprint density at radius 3 is 1.00 bits per heavy atom. The van der Waals surface area contributed by atoms with Crippen molar-refractivity contribution in [3.8, 4) is 0 Å². The summed E-state index contributed by atoms with van der Waals surface area (Å²) in [7, 11) is 0. The highest BCUT2D eigenvalue weighted by Gasteiger charge is 2.16. The summed E-state index contributed by atoms with van der Waals surface area (Å²) in [6.07, 6.45) is 30.2. The minimum absolute atomic E-state index is 0.0905. The summed E-state index contributed by atoms with van der Waals surface area (Å²) >= 11 is 0. The Labute approximate surface area is 259 Å². The molecular weight excluding hydrogens is 532 g/mol. The maximum atomic E-state index is 11.2. The highest BCUT2D eigenvalue weighted by atomic mass is 16.4. The maximum absolute atomic E-state index is 11.2. The van der Waals surface area contributed by atoms with Crippen LogP contribution in [-0.4, -0.2) is 56.8 Å². The third-order valence-corrected chi connectivity index (χ3v) is 7.58. The number of carboxylic acids is 2. The summed E-state index contributed by atoms with van der Waals surface area (Å²) in [5.74, 6) is -1.32. The van der Waals surface area contributed by atoms with Gasteiger partial charge in [0.2, 0.25) is 0 Å². The monoisotopic (exact) mass is 605 g/mol. The van der Waals surface area contributed by atoms with E-state index in [0.717, 1.165) is 38.5 Å². The molecule has 7 nitrogen and oxygen atoms in total. The number of hydrogen-bond acceptors (Lipinski definition) is 5. The molecule has 0 aromatic rings. The van der Waals surface area contributed by atoms with Gasteiger partial charge in [-0.05, 0) is 19.3 Å². The van der Waals surface area contributed by atoms with Crippen LogP contribution in [0.25, 0.3) is 0 Å². The number of aliphatic carboxylic acids is 2. The maximum Gasteiger partial charge on any atom is 0.306 e. The molecule has 0 saturated heterocycles. The molecule has 0 aromatic heterocycles. The zero-order valence-corrected chi connectivity index (χ0v) is 28.0. The van der Waals surface area contributed by atoms with Crippen molar-refractivity contribution in [2.75, 3.05) is 13.2 Å². The fourth-order valence-corrected chi connectivity index (χ4v) is 4.73. The fourth-order valence-electron chi connectivity index (χ4n) is 4.73. The third kappa shape index (κ3) is 43.3. The Balaban J connectivity index is -0.000000616. The molecule has 1 atom stereocenters. The minimum atomic E-state index is -0.954. The molecule has 42 heavy (non-hydrogen) atoms. The van der Waals surface area contributed by atoms with Gasteiger partial charge in [-0.3, -0.25) is 9.59 Å². The Morgan fingerprint density at radius 2 is 0.762 bits per heavy atom. The molecule has 0 radical (unpaired) electrons. The Hall–Kier alpha value is -1.18. The molecule has 254 valence electrons. The number of aliphatic hydroxyl groups excluding tert-OH is 3. The SMILES string of the molecule is CCCCCCCCCC(CCCCCCC)C(=O)O.CCCCCCCCCCCCCC(=O)O.OCC(O)CO. The lowest BCUT2D eigenvalue weighted by Crippen LogP contribution is -2.15. The number of rotatable bonds is 29. The molecule has 0 amide bonds. The molecule has 0 bridgehead atoms. The average molecular weight is 605 g/mol. The van der Waals surface area contributed by atoms with Crippen LogP contribution in [0.4, 0.5) is 0 Å². The van der Waals surface area contributed by atoms with E-state index in [-0.39, 0.29) is 19.1 Å². The average Bonchev–Trinajstić information content (AvgIpc) is 2.98. The van der Waals surface area contributed by atoms with Crippen LogP contribution < -0.4 is 0 Å². The molecule has 0 aliphatic carbocycles. The van der Waals surface area contributed by atoms with Crippen LogP contribution in [0.1, 0.15) is 188 Å². The Kier molecular flexibility index (Phi) is 42.9. The topological polar surface area (TPSA) is 135 Å². The first-order valence-corrected chi connectivity index (χ1v) is 17.6. The second-order valence-corrected chi connectivity index (χ2v) is 11.8. The first kappa shape index (κ1) is 45.3. The second-order valence-electron chi connectivity index (χ2n) is 11.8. The predicted octanol–water partition coefficient (Wildman–Crippen LogP) is 9.29.